The highest BCUT2D eigenvalue weighted by atomic mass is 16.3. The number of carbonyl (C=O) groups excluding carboxylic acids is 1. The molecule has 0 radical (unpaired) electrons. The Hall–Kier alpha value is -1.76. The number of rotatable bonds is 3. The van der Waals surface area contributed by atoms with Crippen LogP contribution in [0.25, 0.3) is 0 Å². The zero-order chi connectivity index (χ0) is 12.3. The zero-order valence-electron chi connectivity index (χ0n) is 9.98. The van der Waals surface area contributed by atoms with Gasteiger partial charge in [-0.05, 0) is 31.9 Å². The van der Waals surface area contributed by atoms with Gasteiger partial charge in [-0.25, -0.2) is 0 Å². The lowest BCUT2D eigenvalue weighted by atomic mass is 10.2. The van der Waals surface area contributed by atoms with Crippen LogP contribution in [0.5, 0.6) is 0 Å². The number of nitrogens with zero attached hydrogens (tertiary/aromatic N) is 2. The number of carbonyl (C=O) groups is 1. The van der Waals surface area contributed by atoms with Gasteiger partial charge in [-0.15, -0.1) is 0 Å². The fourth-order valence-corrected chi connectivity index (χ4v) is 2.35. The highest BCUT2D eigenvalue weighted by Crippen LogP contribution is 2.25. The van der Waals surface area contributed by atoms with Gasteiger partial charge in [0, 0.05) is 6.04 Å². The van der Waals surface area contributed by atoms with E-state index in [1.54, 1.807) is 24.0 Å². The summed E-state index contributed by atoms with van der Waals surface area (Å²) in [6.45, 7) is 1.95. The van der Waals surface area contributed by atoms with E-state index in [0.717, 1.165) is 31.4 Å². The molecule has 4 nitrogen and oxygen atoms in total. The minimum atomic E-state index is -0.161. The van der Waals surface area contributed by atoms with Crippen LogP contribution in [-0.2, 0) is 0 Å². The number of hydrogen-bond donors (Lipinski definition) is 0. The van der Waals surface area contributed by atoms with Gasteiger partial charge >= 0.3 is 0 Å². The van der Waals surface area contributed by atoms with Crippen molar-refractivity contribution in [3.63, 3.8) is 0 Å². The number of furan rings is 1. The summed E-state index contributed by atoms with van der Waals surface area (Å²) < 4.78 is 5.33. The highest BCUT2D eigenvalue weighted by Gasteiger charge is 2.28. The lowest BCUT2D eigenvalue weighted by Gasteiger charge is -2.25. The van der Waals surface area contributed by atoms with Gasteiger partial charge in [-0.1, -0.05) is 12.8 Å². The van der Waals surface area contributed by atoms with Crippen molar-refractivity contribution in [3.8, 4) is 6.07 Å². The number of nitriles is 1. The molecule has 0 bridgehead atoms. The molecule has 1 aromatic heterocycles. The van der Waals surface area contributed by atoms with Crippen LogP contribution in [-0.4, -0.2) is 23.4 Å². The minimum Gasteiger partial charge on any atom is -0.456 e. The van der Waals surface area contributed by atoms with Crippen LogP contribution in [0.3, 0.4) is 0 Å². The summed E-state index contributed by atoms with van der Waals surface area (Å²) in [5.41, 5.74) is 0. The van der Waals surface area contributed by atoms with Crippen molar-refractivity contribution in [3.05, 3.63) is 23.7 Å². The van der Waals surface area contributed by atoms with E-state index in [1.807, 2.05) is 0 Å². The molecule has 90 valence electrons. The Bertz CT molecular complexity index is 439. The summed E-state index contributed by atoms with van der Waals surface area (Å²) in [5, 5.41) is 8.82. The molecular weight excluding hydrogens is 216 g/mol. The van der Waals surface area contributed by atoms with Crippen molar-refractivity contribution in [2.45, 2.75) is 38.6 Å². The molecule has 1 aliphatic carbocycles. The van der Waals surface area contributed by atoms with Crippen molar-refractivity contribution < 1.29 is 9.21 Å². The van der Waals surface area contributed by atoms with Gasteiger partial charge in [-0.2, -0.15) is 5.26 Å². The SMILES string of the molecule is Cc1ccc(C(=O)N(CC#N)C2CCCC2)o1. The maximum Gasteiger partial charge on any atom is 0.290 e. The van der Waals surface area contributed by atoms with E-state index in [0.29, 0.717) is 5.76 Å². The molecule has 0 aromatic carbocycles. The van der Waals surface area contributed by atoms with E-state index in [9.17, 15) is 4.79 Å². The van der Waals surface area contributed by atoms with Crippen LogP contribution in [0.4, 0.5) is 0 Å². The van der Waals surface area contributed by atoms with Gasteiger partial charge in [0.25, 0.3) is 5.91 Å². The number of amides is 1. The molecule has 0 unspecified atom stereocenters. The lowest BCUT2D eigenvalue weighted by Crippen LogP contribution is -2.38. The third-order valence-electron chi connectivity index (χ3n) is 3.22. The molecule has 1 amide bonds. The molecule has 0 N–H and O–H groups in total. The largest absolute Gasteiger partial charge is 0.456 e. The first-order valence-corrected chi connectivity index (χ1v) is 5.96. The summed E-state index contributed by atoms with van der Waals surface area (Å²) in [6, 6.07) is 5.71. The van der Waals surface area contributed by atoms with Crippen molar-refractivity contribution in [1.82, 2.24) is 4.90 Å². The van der Waals surface area contributed by atoms with Crippen LogP contribution in [0.15, 0.2) is 16.5 Å². The van der Waals surface area contributed by atoms with Gasteiger partial charge < -0.3 is 9.32 Å². The van der Waals surface area contributed by atoms with E-state index in [4.69, 9.17) is 9.68 Å². The Labute approximate surface area is 101 Å². The normalized spacial score (nSPS) is 15.8. The van der Waals surface area contributed by atoms with Crippen LogP contribution < -0.4 is 0 Å². The fraction of sp³-hybridized carbons (Fsp3) is 0.538. The van der Waals surface area contributed by atoms with Gasteiger partial charge in [0.1, 0.15) is 12.3 Å². The summed E-state index contributed by atoms with van der Waals surface area (Å²) >= 11 is 0. The second-order valence-electron chi connectivity index (χ2n) is 4.44. The van der Waals surface area contributed by atoms with E-state index in [2.05, 4.69) is 6.07 Å². The summed E-state index contributed by atoms with van der Waals surface area (Å²) in [6.07, 6.45) is 4.26. The Morgan fingerprint density at radius 2 is 2.24 bits per heavy atom. The topological polar surface area (TPSA) is 57.2 Å². The average Bonchev–Trinajstić information content (AvgIpc) is 2.95. The van der Waals surface area contributed by atoms with Crippen molar-refractivity contribution in [2.24, 2.45) is 0 Å². The Kier molecular flexibility index (Phi) is 3.48. The Morgan fingerprint density at radius 1 is 1.53 bits per heavy atom. The molecule has 0 aliphatic heterocycles. The molecule has 1 aromatic rings. The van der Waals surface area contributed by atoms with Crippen LogP contribution >= 0.6 is 0 Å². The first-order chi connectivity index (χ1) is 8.22. The molecule has 1 aliphatic rings. The van der Waals surface area contributed by atoms with Gasteiger partial charge in [0.15, 0.2) is 5.76 Å². The van der Waals surface area contributed by atoms with Crippen molar-refractivity contribution in [1.29, 1.82) is 5.26 Å². The third kappa shape index (κ3) is 2.50. The molecule has 0 saturated heterocycles. The minimum absolute atomic E-state index is 0.142. The van der Waals surface area contributed by atoms with Gasteiger partial charge in [0.2, 0.25) is 0 Å². The first-order valence-electron chi connectivity index (χ1n) is 5.96. The first kappa shape index (κ1) is 11.7. The third-order valence-corrected chi connectivity index (χ3v) is 3.22. The fourth-order valence-electron chi connectivity index (χ4n) is 2.35. The maximum atomic E-state index is 12.2. The van der Waals surface area contributed by atoms with Crippen LogP contribution in [0.2, 0.25) is 0 Å². The predicted molar refractivity (Wildman–Crippen MR) is 62.4 cm³/mol. The molecule has 0 atom stereocenters. The summed E-state index contributed by atoms with van der Waals surface area (Å²) in [4.78, 5) is 13.9. The van der Waals surface area contributed by atoms with E-state index >= 15 is 0 Å². The number of hydrogen-bond acceptors (Lipinski definition) is 3. The second kappa shape index (κ2) is 5.05. The number of aryl methyl sites for hydroxylation is 1. The van der Waals surface area contributed by atoms with Crippen LogP contribution in [0.1, 0.15) is 42.0 Å². The maximum absolute atomic E-state index is 12.2. The quantitative estimate of drug-likeness (QED) is 0.752. The molecule has 1 heterocycles. The monoisotopic (exact) mass is 232 g/mol. The molecular formula is C13H16N2O2. The molecule has 2 rings (SSSR count). The molecule has 1 saturated carbocycles. The molecule has 0 spiro atoms. The van der Waals surface area contributed by atoms with Gasteiger partial charge in [-0.3, -0.25) is 4.79 Å². The molecule has 1 fully saturated rings. The van der Waals surface area contributed by atoms with Gasteiger partial charge in [0.05, 0.1) is 6.07 Å². The Balaban J connectivity index is 2.15. The molecule has 17 heavy (non-hydrogen) atoms. The molecule has 4 heteroatoms. The zero-order valence-corrected chi connectivity index (χ0v) is 9.98. The van der Waals surface area contributed by atoms with Crippen molar-refractivity contribution >= 4 is 5.91 Å². The van der Waals surface area contributed by atoms with E-state index in [-0.39, 0.29) is 18.5 Å². The Morgan fingerprint density at radius 3 is 2.76 bits per heavy atom. The summed E-state index contributed by atoms with van der Waals surface area (Å²) in [5.74, 6) is 0.896. The predicted octanol–water partition coefficient (Wildman–Crippen LogP) is 2.50. The smallest absolute Gasteiger partial charge is 0.290 e. The van der Waals surface area contributed by atoms with E-state index in [1.165, 1.54) is 0 Å². The second-order valence-corrected chi connectivity index (χ2v) is 4.44. The van der Waals surface area contributed by atoms with Crippen LogP contribution in [0, 0.1) is 18.3 Å². The highest BCUT2D eigenvalue weighted by molar-refractivity contribution is 5.92. The van der Waals surface area contributed by atoms with E-state index < -0.39 is 0 Å². The van der Waals surface area contributed by atoms with Crippen molar-refractivity contribution in [2.75, 3.05) is 6.54 Å². The summed E-state index contributed by atoms with van der Waals surface area (Å²) in [7, 11) is 0. The average molecular weight is 232 g/mol. The lowest BCUT2D eigenvalue weighted by molar-refractivity contribution is 0.0675. The standard InChI is InChI=1S/C13H16N2O2/c1-10-6-7-12(17-10)13(16)15(9-8-14)11-4-2-3-5-11/h6-7,11H,2-5,9H2,1H3.